The molecule has 2 unspecified atom stereocenters. The largest absolute Gasteiger partial charge is 0.463 e. The monoisotopic (exact) mass is 564 g/mol. The number of benzene rings is 1. The number of H-pyrrole nitrogens is 1. The summed E-state index contributed by atoms with van der Waals surface area (Å²) in [5, 5.41) is 21.6. The van der Waals surface area contributed by atoms with Gasteiger partial charge in [0, 0.05) is 0 Å². The normalized spacial score (nSPS) is 26.8. The summed E-state index contributed by atoms with van der Waals surface area (Å²) in [5.41, 5.74) is -5.84. The zero-order valence-corrected chi connectivity index (χ0v) is 21.5. The van der Waals surface area contributed by atoms with Crippen molar-refractivity contribution in [3.63, 3.8) is 0 Å². The van der Waals surface area contributed by atoms with Gasteiger partial charge in [-0.15, -0.1) is 0 Å². The molecule has 3 rings (SSSR count). The Labute approximate surface area is 218 Å². The maximum absolute atomic E-state index is 14.1. The number of rotatable bonds is 11. The average Bonchev–Trinajstić information content (AvgIpc) is 3.12. The molecule has 1 saturated heterocycles. The lowest BCUT2D eigenvalue weighted by atomic mass is 9.95. The maximum atomic E-state index is 14.1. The molecule has 0 spiro atoms. The molecule has 0 amide bonds. The van der Waals surface area contributed by atoms with Crippen molar-refractivity contribution in [2.24, 2.45) is 5.92 Å². The Morgan fingerprint density at radius 3 is 2.58 bits per heavy atom. The molecule has 0 radical (unpaired) electrons. The van der Waals surface area contributed by atoms with Crippen molar-refractivity contribution >= 4 is 13.6 Å². The van der Waals surface area contributed by atoms with Crippen LogP contribution in [0.25, 0.3) is 0 Å². The molecular weight excluding hydrogens is 533 g/mol. The van der Waals surface area contributed by atoms with E-state index >= 15 is 0 Å². The first-order valence-electron chi connectivity index (χ1n) is 12.4. The van der Waals surface area contributed by atoms with Gasteiger partial charge in [0.2, 0.25) is 5.82 Å². The first-order valence-corrected chi connectivity index (χ1v) is 13.1. The van der Waals surface area contributed by atoms with E-state index in [0.717, 1.165) is 0 Å². The minimum Gasteiger partial charge on any atom is -0.463 e. The molecule has 2 heterocycles. The van der Waals surface area contributed by atoms with E-state index in [4.69, 9.17) is 21.3 Å². The molecule has 2 aromatic rings. The van der Waals surface area contributed by atoms with Crippen LogP contribution < -0.4 is 15.8 Å². The van der Waals surface area contributed by atoms with Gasteiger partial charge in [-0.05, 0) is 26.0 Å². The molecular formula is C23H29F2N2O10P. The number of esters is 1. The lowest BCUT2D eigenvalue weighted by molar-refractivity contribution is -0.151. The zero-order chi connectivity index (χ0) is 30.0. The van der Waals surface area contributed by atoms with Crippen molar-refractivity contribution in [1.29, 1.82) is 0 Å². The molecule has 1 aromatic heterocycles. The molecule has 1 fully saturated rings. The molecule has 210 valence electrons. The molecule has 1 aliphatic heterocycles. The number of aliphatic hydroxyl groups is 2. The molecule has 15 heteroatoms. The lowest BCUT2D eigenvalue weighted by Crippen LogP contribution is -2.51. The summed E-state index contributed by atoms with van der Waals surface area (Å²) in [7, 11) is -4.68. The summed E-state index contributed by atoms with van der Waals surface area (Å²) >= 11 is 0. The smallest absolute Gasteiger partial charge is 0.380 e. The highest BCUT2D eigenvalue weighted by Crippen LogP contribution is 2.51. The van der Waals surface area contributed by atoms with Gasteiger partial charge in [0.05, 0.1) is 33.7 Å². The fourth-order valence-corrected chi connectivity index (χ4v) is 5.26. The van der Waals surface area contributed by atoms with E-state index in [1.54, 1.807) is 24.9 Å². The van der Waals surface area contributed by atoms with Crippen LogP contribution in [0.4, 0.5) is 8.78 Å². The Bertz CT molecular complexity index is 1380. The van der Waals surface area contributed by atoms with Crippen LogP contribution in [-0.2, 0) is 23.4 Å². The minimum absolute atomic E-state index is 0.0349. The van der Waals surface area contributed by atoms with Gasteiger partial charge in [-0.1, -0.05) is 25.1 Å². The van der Waals surface area contributed by atoms with Gasteiger partial charge < -0.3 is 24.2 Å². The summed E-state index contributed by atoms with van der Waals surface area (Å²) in [6.45, 7) is -0.662. The van der Waals surface area contributed by atoms with E-state index < -0.39 is 86.1 Å². The van der Waals surface area contributed by atoms with E-state index in [9.17, 15) is 37.9 Å². The number of aliphatic hydroxyl groups excluding tert-OH is 1. The van der Waals surface area contributed by atoms with Crippen LogP contribution in [0, 0.1) is 11.7 Å². The van der Waals surface area contributed by atoms with Crippen molar-refractivity contribution in [2.45, 2.75) is 50.9 Å². The van der Waals surface area contributed by atoms with E-state index in [1.807, 2.05) is 0 Å². The van der Waals surface area contributed by atoms with E-state index in [-0.39, 0.29) is 16.5 Å². The van der Waals surface area contributed by atoms with Crippen LogP contribution in [0.2, 0.25) is 0 Å². The number of hydrogen-bond acceptors (Lipinski definition) is 10. The van der Waals surface area contributed by atoms with Crippen molar-refractivity contribution in [3.8, 4) is 5.75 Å². The summed E-state index contributed by atoms with van der Waals surface area (Å²) in [4.78, 5) is 37.6. The number of carbonyl (C=O) groups is 1. The van der Waals surface area contributed by atoms with Gasteiger partial charge in [0.1, 0.15) is 24.6 Å². The Hall–Kier alpha value is -2.90. The van der Waals surface area contributed by atoms with E-state index in [2.05, 4.69) is 0 Å². The second kappa shape index (κ2) is 11.9. The fraction of sp³-hybridized carbons (Fsp3) is 0.522. The molecule has 38 heavy (non-hydrogen) atoms. The van der Waals surface area contributed by atoms with Crippen molar-refractivity contribution < 1.29 is 49.6 Å². The van der Waals surface area contributed by atoms with Gasteiger partial charge in [-0.25, -0.2) is 13.8 Å². The number of aromatic amines is 1. The molecule has 0 saturated carbocycles. The van der Waals surface area contributed by atoms with E-state index in [1.165, 1.54) is 31.2 Å². The number of alkyl halides is 1. The Kier molecular flexibility index (Phi) is 8.34. The van der Waals surface area contributed by atoms with Crippen LogP contribution in [0.1, 0.15) is 29.7 Å². The molecule has 6 atom stereocenters. The van der Waals surface area contributed by atoms with Crippen LogP contribution in [0.3, 0.4) is 0 Å². The number of halogens is 2. The van der Waals surface area contributed by atoms with Crippen LogP contribution >= 0.6 is 7.60 Å². The zero-order valence-electron chi connectivity index (χ0n) is 22.6. The Morgan fingerprint density at radius 2 is 1.97 bits per heavy atom. The van der Waals surface area contributed by atoms with E-state index in [0.29, 0.717) is 0 Å². The number of ether oxygens (including phenoxy) is 2. The first-order chi connectivity index (χ1) is 18.5. The SMILES string of the molecule is [2H]C([2H])(OP(=O)(C[C@@H](C)C(=O)OC(C)C)Oc1ccccc1)[C@H]1O[C@@H](n2cc(F)c(=O)[nH]c2=O)C(O)(CF)[C@H]1O. The first kappa shape index (κ1) is 26.7. The van der Waals surface area contributed by atoms with Crippen LogP contribution in [-0.4, -0.2) is 69.0 Å². The highest BCUT2D eigenvalue weighted by Gasteiger charge is 2.57. The number of aromatic nitrogens is 2. The molecule has 1 aromatic carbocycles. The van der Waals surface area contributed by atoms with Crippen LogP contribution in [0.15, 0.2) is 46.1 Å². The predicted molar refractivity (Wildman–Crippen MR) is 128 cm³/mol. The third-order valence-corrected chi connectivity index (χ3v) is 7.31. The molecule has 12 nitrogen and oxygen atoms in total. The molecule has 3 N–H and O–H groups in total. The molecule has 0 bridgehead atoms. The number of carbonyl (C=O) groups excluding carboxylic acids is 1. The highest BCUT2D eigenvalue weighted by molar-refractivity contribution is 7.54. The van der Waals surface area contributed by atoms with Gasteiger partial charge in [0.25, 0.3) is 5.56 Å². The summed E-state index contributed by atoms with van der Waals surface area (Å²) in [6.07, 6.45) is -8.03. The fourth-order valence-electron chi connectivity index (χ4n) is 3.54. The standard InChI is InChI=1S/C23H29F2N2O10P/c1-13(2)35-20(30)14(3)11-38(33,37-15-7-5-4-6-8-15)34-10-17-18(28)23(32,12-24)21(36-17)27-9-16(25)19(29)26-22(27)31/h4-9,13-14,17-18,21,28,32H,10-12H2,1-3H3,(H,26,29,31)/t14-,17-,18+,21-,23?,38?/m1/s1/i10D2. The lowest BCUT2D eigenvalue weighted by Gasteiger charge is -2.28. The van der Waals surface area contributed by atoms with Gasteiger partial charge in [0.15, 0.2) is 11.8 Å². The third-order valence-electron chi connectivity index (χ3n) is 5.44. The number of para-hydroxylation sites is 1. The summed E-state index contributed by atoms with van der Waals surface area (Å²) < 4.78 is 79.9. The molecule has 0 aliphatic carbocycles. The van der Waals surface area contributed by atoms with Crippen LogP contribution in [0.5, 0.6) is 5.75 Å². The van der Waals surface area contributed by atoms with Crippen molar-refractivity contribution in [2.75, 3.05) is 19.4 Å². The third kappa shape index (κ3) is 6.56. The van der Waals surface area contributed by atoms with Gasteiger partial charge in [-0.3, -0.25) is 23.7 Å². The summed E-state index contributed by atoms with van der Waals surface area (Å²) in [5.74, 6) is -3.49. The van der Waals surface area contributed by atoms with Gasteiger partial charge >= 0.3 is 19.3 Å². The Balaban J connectivity index is 1.98. The van der Waals surface area contributed by atoms with Crippen molar-refractivity contribution in [3.05, 3.63) is 63.2 Å². The quantitative estimate of drug-likeness (QED) is 0.269. The molecule has 1 aliphatic rings. The second-order valence-electron chi connectivity index (χ2n) is 8.92. The maximum Gasteiger partial charge on any atom is 0.380 e. The summed E-state index contributed by atoms with van der Waals surface area (Å²) in [6, 6.07) is 7.39. The number of nitrogens with one attached hydrogen (secondary N) is 1. The number of nitrogens with zero attached hydrogens (tertiary/aromatic N) is 1. The minimum atomic E-state index is -4.68. The number of hydrogen-bond donors (Lipinski definition) is 3. The van der Waals surface area contributed by atoms with Crippen molar-refractivity contribution in [1.82, 2.24) is 9.55 Å². The second-order valence-corrected chi connectivity index (χ2v) is 10.9. The average molecular weight is 564 g/mol. The Morgan fingerprint density at radius 1 is 1.32 bits per heavy atom. The highest BCUT2D eigenvalue weighted by atomic mass is 31.2. The topological polar surface area (TPSA) is 166 Å². The van der Waals surface area contributed by atoms with Gasteiger partial charge in [-0.2, -0.15) is 4.39 Å². The predicted octanol–water partition coefficient (Wildman–Crippen LogP) is 1.51.